The quantitative estimate of drug-likeness (QED) is 0.819. The van der Waals surface area contributed by atoms with Crippen molar-refractivity contribution in [2.24, 2.45) is 5.41 Å². The number of carbonyl (C=O) groups is 2. The van der Waals surface area contributed by atoms with E-state index in [0.29, 0.717) is 13.1 Å². The Balaban J connectivity index is 2.04. The fourth-order valence-corrected chi connectivity index (χ4v) is 3.66. The molecule has 128 valence electrons. The molecule has 2 heterocycles. The van der Waals surface area contributed by atoms with Crippen molar-refractivity contribution in [3.05, 3.63) is 18.0 Å². The number of nitrogens with zero attached hydrogens (tertiary/aromatic N) is 1. The van der Waals surface area contributed by atoms with Crippen LogP contribution < -0.4 is 0 Å². The van der Waals surface area contributed by atoms with Crippen LogP contribution in [0.2, 0.25) is 0 Å². The summed E-state index contributed by atoms with van der Waals surface area (Å²) < 4.78 is 31.1. The zero-order valence-electron chi connectivity index (χ0n) is 13.6. The summed E-state index contributed by atoms with van der Waals surface area (Å²) >= 11 is 0. The lowest BCUT2D eigenvalue weighted by Crippen LogP contribution is -2.27. The number of nitrogens with one attached hydrogen (secondary N) is 1. The molecule has 8 heteroatoms. The normalized spacial score (nSPS) is 16.5. The first-order valence-corrected chi connectivity index (χ1v) is 8.95. The number of esters is 1. The minimum Gasteiger partial charge on any atom is -0.453 e. The first-order valence-electron chi connectivity index (χ1n) is 7.51. The number of H-pyrrole nitrogens is 1. The van der Waals surface area contributed by atoms with Gasteiger partial charge >= 0.3 is 5.97 Å². The maximum absolute atomic E-state index is 12.4. The largest absolute Gasteiger partial charge is 0.453 e. The Morgan fingerprint density at radius 1 is 1.26 bits per heavy atom. The van der Waals surface area contributed by atoms with Gasteiger partial charge in [0.2, 0.25) is 10.0 Å². The van der Waals surface area contributed by atoms with Crippen LogP contribution in [0.3, 0.4) is 0 Å². The van der Waals surface area contributed by atoms with Crippen LogP contribution in [-0.4, -0.2) is 49.2 Å². The van der Waals surface area contributed by atoms with Crippen LogP contribution in [-0.2, 0) is 19.6 Å². The summed E-state index contributed by atoms with van der Waals surface area (Å²) in [4.78, 5) is 26.3. The van der Waals surface area contributed by atoms with Gasteiger partial charge in [0.1, 0.15) is 10.6 Å². The summed E-state index contributed by atoms with van der Waals surface area (Å²) in [5, 5.41) is 0. The third-order valence-electron chi connectivity index (χ3n) is 3.75. The molecule has 1 fully saturated rings. The van der Waals surface area contributed by atoms with Crippen LogP contribution in [0.5, 0.6) is 0 Å². The number of hydrogen-bond donors (Lipinski definition) is 1. The van der Waals surface area contributed by atoms with Crippen molar-refractivity contribution in [3.63, 3.8) is 0 Å². The molecule has 0 saturated carbocycles. The lowest BCUT2D eigenvalue weighted by Gasteiger charge is -2.15. The first kappa shape index (κ1) is 17.7. The summed E-state index contributed by atoms with van der Waals surface area (Å²) in [7, 11) is -3.58. The second-order valence-corrected chi connectivity index (χ2v) is 8.55. The van der Waals surface area contributed by atoms with Crippen molar-refractivity contribution in [1.29, 1.82) is 0 Å². The van der Waals surface area contributed by atoms with Crippen LogP contribution in [0, 0.1) is 5.41 Å². The number of ketones is 1. The lowest BCUT2D eigenvalue weighted by atomic mass is 9.91. The molecule has 0 bridgehead atoms. The predicted molar refractivity (Wildman–Crippen MR) is 83.5 cm³/mol. The summed E-state index contributed by atoms with van der Waals surface area (Å²) in [5.74, 6) is -0.951. The Labute approximate surface area is 136 Å². The molecule has 7 nitrogen and oxygen atoms in total. The van der Waals surface area contributed by atoms with Crippen molar-refractivity contribution in [1.82, 2.24) is 9.29 Å². The van der Waals surface area contributed by atoms with Crippen molar-refractivity contribution >= 4 is 21.8 Å². The monoisotopic (exact) mass is 342 g/mol. The average molecular weight is 342 g/mol. The van der Waals surface area contributed by atoms with E-state index in [-0.39, 0.29) is 23.0 Å². The number of sulfonamides is 1. The van der Waals surface area contributed by atoms with Gasteiger partial charge in [-0.15, -0.1) is 0 Å². The van der Waals surface area contributed by atoms with E-state index < -0.39 is 21.4 Å². The minimum atomic E-state index is -3.58. The van der Waals surface area contributed by atoms with Crippen LogP contribution in [0.1, 0.15) is 44.1 Å². The van der Waals surface area contributed by atoms with Crippen LogP contribution in [0.25, 0.3) is 0 Å². The summed E-state index contributed by atoms with van der Waals surface area (Å²) in [6.07, 6.45) is 2.96. The number of hydrogen-bond acceptors (Lipinski definition) is 5. The van der Waals surface area contributed by atoms with E-state index in [4.69, 9.17) is 4.74 Å². The Morgan fingerprint density at radius 2 is 1.87 bits per heavy atom. The van der Waals surface area contributed by atoms with Crippen molar-refractivity contribution in [3.8, 4) is 0 Å². The third kappa shape index (κ3) is 4.00. The molecular weight excluding hydrogens is 320 g/mol. The molecule has 0 aliphatic carbocycles. The lowest BCUT2D eigenvalue weighted by molar-refractivity contribution is -0.129. The number of ether oxygens (including phenoxy) is 1. The molecule has 0 radical (unpaired) electrons. The highest BCUT2D eigenvalue weighted by atomic mass is 32.2. The number of carbonyl (C=O) groups excluding carboxylic acids is 2. The molecule has 0 unspecified atom stereocenters. The van der Waals surface area contributed by atoms with Crippen molar-refractivity contribution in [2.45, 2.75) is 38.5 Å². The van der Waals surface area contributed by atoms with E-state index >= 15 is 0 Å². The van der Waals surface area contributed by atoms with Crippen LogP contribution >= 0.6 is 0 Å². The van der Waals surface area contributed by atoms with Gasteiger partial charge in [0, 0.05) is 24.7 Å². The smallest absolute Gasteiger partial charge is 0.355 e. The first-order chi connectivity index (χ1) is 10.6. The van der Waals surface area contributed by atoms with Crippen molar-refractivity contribution in [2.75, 3.05) is 19.7 Å². The summed E-state index contributed by atoms with van der Waals surface area (Å²) in [6.45, 7) is 5.85. The second kappa shape index (κ2) is 6.45. The van der Waals surface area contributed by atoms with Gasteiger partial charge in [-0.2, -0.15) is 4.31 Å². The standard InChI is InChI=1S/C15H22N2O5S/c1-15(2,3)13(18)10-22-14(19)12-8-11(9-16-12)23(20,21)17-6-4-5-7-17/h8-9,16H,4-7,10H2,1-3H3. The van der Waals surface area contributed by atoms with E-state index in [2.05, 4.69) is 4.98 Å². The second-order valence-electron chi connectivity index (χ2n) is 6.61. The molecule has 1 N–H and O–H groups in total. The van der Waals surface area contributed by atoms with Gasteiger partial charge in [-0.3, -0.25) is 4.79 Å². The van der Waals surface area contributed by atoms with Gasteiger partial charge in [-0.05, 0) is 18.9 Å². The number of aromatic amines is 1. The van der Waals surface area contributed by atoms with Crippen LogP contribution in [0.4, 0.5) is 0 Å². The molecule has 23 heavy (non-hydrogen) atoms. The topological polar surface area (TPSA) is 96.5 Å². The van der Waals surface area contributed by atoms with Crippen molar-refractivity contribution < 1.29 is 22.7 Å². The average Bonchev–Trinajstić information content (AvgIpc) is 3.13. The Bertz CT molecular complexity index is 694. The summed E-state index contributed by atoms with van der Waals surface area (Å²) in [6, 6.07) is 1.25. The van der Waals surface area contributed by atoms with Gasteiger partial charge < -0.3 is 9.72 Å². The highest BCUT2D eigenvalue weighted by Gasteiger charge is 2.29. The molecular formula is C15H22N2O5S. The van der Waals surface area contributed by atoms with Gasteiger partial charge in [0.05, 0.1) is 0 Å². The van der Waals surface area contributed by atoms with E-state index in [0.717, 1.165) is 12.8 Å². The summed E-state index contributed by atoms with van der Waals surface area (Å²) in [5.41, 5.74) is -0.579. The molecule has 1 aromatic rings. The van der Waals surface area contributed by atoms with Gasteiger partial charge in [-0.25, -0.2) is 13.2 Å². The van der Waals surface area contributed by atoms with E-state index in [1.807, 2.05) is 0 Å². The van der Waals surface area contributed by atoms with E-state index in [1.54, 1.807) is 20.8 Å². The molecule has 0 aromatic carbocycles. The Hall–Kier alpha value is -1.67. The predicted octanol–water partition coefficient (Wildman–Crippen LogP) is 1.57. The molecule has 0 amide bonds. The SMILES string of the molecule is CC(C)(C)C(=O)COC(=O)c1cc(S(=O)(=O)N2CCCC2)c[nH]1. The molecule has 0 spiro atoms. The fourth-order valence-electron chi connectivity index (χ4n) is 2.14. The molecule has 2 rings (SSSR count). The maximum atomic E-state index is 12.4. The highest BCUT2D eigenvalue weighted by Crippen LogP contribution is 2.22. The number of aromatic nitrogens is 1. The Morgan fingerprint density at radius 3 is 2.43 bits per heavy atom. The molecule has 1 aliphatic heterocycles. The number of Topliss-reactive ketones (excluding diaryl/α,β-unsaturated/α-hetero) is 1. The zero-order valence-corrected chi connectivity index (χ0v) is 14.4. The maximum Gasteiger partial charge on any atom is 0.355 e. The van der Waals surface area contributed by atoms with Gasteiger partial charge in [0.25, 0.3) is 0 Å². The Kier molecular flexibility index (Phi) is 4.95. The zero-order chi connectivity index (χ0) is 17.3. The number of rotatable bonds is 5. The van der Waals surface area contributed by atoms with Gasteiger partial charge in [0.15, 0.2) is 12.4 Å². The molecule has 0 atom stereocenters. The van der Waals surface area contributed by atoms with Gasteiger partial charge in [-0.1, -0.05) is 20.8 Å². The third-order valence-corrected chi connectivity index (χ3v) is 5.63. The molecule has 1 saturated heterocycles. The highest BCUT2D eigenvalue weighted by molar-refractivity contribution is 7.89. The molecule has 1 aromatic heterocycles. The fraction of sp³-hybridized carbons (Fsp3) is 0.600. The van der Waals surface area contributed by atoms with E-state index in [1.165, 1.54) is 16.6 Å². The van der Waals surface area contributed by atoms with E-state index in [9.17, 15) is 18.0 Å². The minimum absolute atomic E-state index is 0.0180. The van der Waals surface area contributed by atoms with Crippen LogP contribution in [0.15, 0.2) is 17.2 Å². The molecule has 1 aliphatic rings.